The maximum Gasteiger partial charge on any atom is 0.234 e. The Balaban J connectivity index is 1.41. The zero-order valence-electron chi connectivity index (χ0n) is 19.7. The number of fused-ring (bicyclic) bond motifs is 1. The number of aryl methyl sites for hydroxylation is 2. The number of anilines is 2. The maximum absolute atomic E-state index is 13.8. The van der Waals surface area contributed by atoms with Crippen LogP contribution in [0.25, 0.3) is 10.2 Å². The number of nitrogens with zero attached hydrogens (tertiary/aromatic N) is 4. The average molecular weight is 479 g/mol. The van der Waals surface area contributed by atoms with Crippen molar-refractivity contribution in [1.29, 1.82) is 0 Å². The van der Waals surface area contributed by atoms with Gasteiger partial charge in [-0.3, -0.25) is 19.4 Å². The Morgan fingerprint density at radius 3 is 2.68 bits per heavy atom. The monoisotopic (exact) mass is 478 g/mol. The lowest BCUT2D eigenvalue weighted by Crippen LogP contribution is -2.45. The molecule has 178 valence electrons. The Bertz CT molecular complexity index is 1190. The topological polar surface area (TPSA) is 66.0 Å². The standard InChI is InChI=1S/C26H30N4O3S/c1-18-8-9-22-24(19(18)2)27-26(34-22)29(11-10-28-12-14-33-15-13-28)25(32)20-16-23(31)30(17-20)21-6-4-3-5-7-21/h3-9,20H,10-17H2,1-2H3. The summed E-state index contributed by atoms with van der Waals surface area (Å²) >= 11 is 1.55. The largest absolute Gasteiger partial charge is 0.379 e. The van der Waals surface area contributed by atoms with Crippen LogP contribution in [0.3, 0.4) is 0 Å². The lowest BCUT2D eigenvalue weighted by molar-refractivity contribution is -0.124. The van der Waals surface area contributed by atoms with Gasteiger partial charge in [-0.05, 0) is 43.2 Å². The summed E-state index contributed by atoms with van der Waals surface area (Å²) in [6.07, 6.45) is 0.227. The fraction of sp³-hybridized carbons (Fsp3) is 0.423. The number of thiazole rings is 1. The normalized spacial score (nSPS) is 19.2. The van der Waals surface area contributed by atoms with Gasteiger partial charge in [-0.1, -0.05) is 35.6 Å². The average Bonchev–Trinajstić information content (AvgIpc) is 3.47. The van der Waals surface area contributed by atoms with Gasteiger partial charge in [-0.15, -0.1) is 0 Å². The van der Waals surface area contributed by atoms with Crippen LogP contribution < -0.4 is 9.80 Å². The molecule has 0 spiro atoms. The van der Waals surface area contributed by atoms with Gasteiger partial charge in [0.15, 0.2) is 5.13 Å². The SMILES string of the molecule is Cc1ccc2sc(N(CCN3CCOCC3)C(=O)C3CC(=O)N(c4ccccc4)C3)nc2c1C. The number of hydrogen-bond donors (Lipinski definition) is 0. The first-order chi connectivity index (χ1) is 16.5. The first-order valence-electron chi connectivity index (χ1n) is 11.8. The number of rotatable bonds is 6. The molecule has 0 saturated carbocycles. The Hall–Kier alpha value is -2.81. The molecule has 1 unspecified atom stereocenters. The predicted octanol–water partition coefficient (Wildman–Crippen LogP) is 3.63. The molecule has 2 aliphatic heterocycles. The minimum atomic E-state index is -0.382. The molecule has 34 heavy (non-hydrogen) atoms. The Labute approximate surface area is 203 Å². The highest BCUT2D eigenvalue weighted by molar-refractivity contribution is 7.22. The van der Waals surface area contributed by atoms with Crippen molar-refractivity contribution < 1.29 is 14.3 Å². The van der Waals surface area contributed by atoms with Crippen LogP contribution in [0.2, 0.25) is 0 Å². The molecule has 2 saturated heterocycles. The number of carbonyl (C=O) groups excluding carboxylic acids is 2. The van der Waals surface area contributed by atoms with Crippen LogP contribution in [0.1, 0.15) is 17.5 Å². The van der Waals surface area contributed by atoms with E-state index in [0.717, 1.165) is 54.3 Å². The van der Waals surface area contributed by atoms with E-state index in [1.807, 2.05) is 35.2 Å². The van der Waals surface area contributed by atoms with Crippen LogP contribution >= 0.6 is 11.3 Å². The van der Waals surface area contributed by atoms with Crippen LogP contribution in [0.4, 0.5) is 10.8 Å². The van der Waals surface area contributed by atoms with Crippen molar-refractivity contribution in [2.75, 3.05) is 55.7 Å². The molecule has 8 heteroatoms. The zero-order chi connectivity index (χ0) is 23.7. The molecular weight excluding hydrogens is 448 g/mol. The molecule has 2 amide bonds. The molecule has 3 heterocycles. The molecule has 0 bridgehead atoms. The molecule has 0 aliphatic carbocycles. The first kappa shape index (κ1) is 23.0. The van der Waals surface area contributed by atoms with Gasteiger partial charge in [-0.2, -0.15) is 0 Å². The van der Waals surface area contributed by atoms with Crippen molar-refractivity contribution in [2.24, 2.45) is 5.92 Å². The second-order valence-electron chi connectivity index (χ2n) is 9.04. The molecule has 3 aromatic rings. The van der Waals surface area contributed by atoms with E-state index in [2.05, 4.69) is 30.9 Å². The highest BCUT2D eigenvalue weighted by Crippen LogP contribution is 2.34. The summed E-state index contributed by atoms with van der Waals surface area (Å²) in [6.45, 7) is 9.03. The van der Waals surface area contributed by atoms with E-state index in [1.54, 1.807) is 16.2 Å². The summed E-state index contributed by atoms with van der Waals surface area (Å²) in [5.74, 6) is -0.408. The summed E-state index contributed by atoms with van der Waals surface area (Å²) < 4.78 is 6.55. The maximum atomic E-state index is 13.8. The fourth-order valence-electron chi connectivity index (χ4n) is 4.65. The number of ether oxygens (including phenoxy) is 1. The lowest BCUT2D eigenvalue weighted by Gasteiger charge is -2.30. The summed E-state index contributed by atoms with van der Waals surface area (Å²) in [7, 11) is 0. The minimum Gasteiger partial charge on any atom is -0.379 e. The molecule has 2 aromatic carbocycles. The number of amides is 2. The third kappa shape index (κ3) is 4.58. The minimum absolute atomic E-state index is 0.00607. The van der Waals surface area contributed by atoms with Gasteiger partial charge in [0.05, 0.1) is 29.3 Å². The second-order valence-corrected chi connectivity index (χ2v) is 10.0. The number of para-hydroxylation sites is 1. The number of benzene rings is 2. The summed E-state index contributed by atoms with van der Waals surface area (Å²) in [5, 5.41) is 0.715. The van der Waals surface area contributed by atoms with Crippen LogP contribution in [0, 0.1) is 19.8 Å². The molecule has 1 atom stereocenters. The Morgan fingerprint density at radius 1 is 1.15 bits per heavy atom. The molecule has 2 fully saturated rings. The number of carbonyl (C=O) groups is 2. The highest BCUT2D eigenvalue weighted by atomic mass is 32.1. The number of aromatic nitrogens is 1. The molecule has 2 aliphatic rings. The van der Waals surface area contributed by atoms with Crippen molar-refractivity contribution in [3.05, 3.63) is 53.6 Å². The quantitative estimate of drug-likeness (QED) is 0.541. The third-order valence-corrected chi connectivity index (χ3v) is 7.90. The molecule has 0 N–H and O–H groups in total. The Kier molecular flexibility index (Phi) is 6.63. The summed E-state index contributed by atoms with van der Waals surface area (Å²) in [6, 6.07) is 13.8. The van der Waals surface area contributed by atoms with E-state index < -0.39 is 0 Å². The zero-order valence-corrected chi connectivity index (χ0v) is 20.5. The molecular formula is C26H30N4O3S. The number of morpholine rings is 1. The summed E-state index contributed by atoms with van der Waals surface area (Å²) in [5.41, 5.74) is 4.13. The van der Waals surface area contributed by atoms with Crippen molar-refractivity contribution in [3.8, 4) is 0 Å². The Morgan fingerprint density at radius 2 is 1.91 bits per heavy atom. The van der Waals surface area contributed by atoms with Crippen molar-refractivity contribution >= 4 is 44.2 Å². The van der Waals surface area contributed by atoms with Crippen molar-refractivity contribution in [3.63, 3.8) is 0 Å². The van der Waals surface area contributed by atoms with Crippen molar-refractivity contribution in [1.82, 2.24) is 9.88 Å². The summed E-state index contributed by atoms with van der Waals surface area (Å²) in [4.78, 5) is 37.4. The molecule has 1 aromatic heterocycles. The van der Waals surface area contributed by atoms with E-state index >= 15 is 0 Å². The first-order valence-corrected chi connectivity index (χ1v) is 12.7. The van der Waals surface area contributed by atoms with E-state index in [0.29, 0.717) is 18.2 Å². The van der Waals surface area contributed by atoms with Crippen LogP contribution in [-0.2, 0) is 14.3 Å². The number of hydrogen-bond acceptors (Lipinski definition) is 6. The lowest BCUT2D eigenvalue weighted by atomic mass is 10.1. The third-order valence-electron chi connectivity index (χ3n) is 6.86. The smallest absolute Gasteiger partial charge is 0.234 e. The van der Waals surface area contributed by atoms with Gasteiger partial charge in [0, 0.05) is 44.8 Å². The van der Waals surface area contributed by atoms with Gasteiger partial charge in [0.1, 0.15) is 0 Å². The molecule has 7 nitrogen and oxygen atoms in total. The van der Waals surface area contributed by atoms with Gasteiger partial charge in [0.25, 0.3) is 0 Å². The highest BCUT2D eigenvalue weighted by Gasteiger charge is 2.38. The predicted molar refractivity (Wildman–Crippen MR) is 136 cm³/mol. The van der Waals surface area contributed by atoms with Gasteiger partial charge < -0.3 is 9.64 Å². The van der Waals surface area contributed by atoms with Crippen LogP contribution in [0.5, 0.6) is 0 Å². The molecule has 0 radical (unpaired) electrons. The van der Waals surface area contributed by atoms with E-state index in [1.165, 1.54) is 5.56 Å². The van der Waals surface area contributed by atoms with E-state index in [4.69, 9.17) is 9.72 Å². The van der Waals surface area contributed by atoms with Crippen LogP contribution in [0.15, 0.2) is 42.5 Å². The second kappa shape index (κ2) is 9.82. The van der Waals surface area contributed by atoms with Gasteiger partial charge >= 0.3 is 0 Å². The van der Waals surface area contributed by atoms with Gasteiger partial charge in [-0.25, -0.2) is 4.98 Å². The fourth-order valence-corrected chi connectivity index (χ4v) is 5.70. The van der Waals surface area contributed by atoms with E-state index in [-0.39, 0.29) is 24.2 Å². The van der Waals surface area contributed by atoms with Gasteiger partial charge in [0.2, 0.25) is 11.8 Å². The van der Waals surface area contributed by atoms with E-state index in [9.17, 15) is 9.59 Å². The van der Waals surface area contributed by atoms with Crippen molar-refractivity contribution in [2.45, 2.75) is 20.3 Å². The van der Waals surface area contributed by atoms with Crippen LogP contribution in [-0.4, -0.2) is 67.6 Å². The molecule has 5 rings (SSSR count).